The van der Waals surface area contributed by atoms with Crippen molar-refractivity contribution in [3.63, 3.8) is 0 Å². The number of aromatic nitrogens is 2. The maximum atomic E-state index is 13.5. The van der Waals surface area contributed by atoms with Gasteiger partial charge in [-0.25, -0.2) is 9.37 Å². The number of anilines is 1. The molecule has 34 heavy (non-hydrogen) atoms. The molecule has 1 N–H and O–H groups in total. The molecule has 0 saturated heterocycles. The van der Waals surface area contributed by atoms with E-state index in [9.17, 15) is 14.0 Å². The number of benzene rings is 3. The highest BCUT2D eigenvalue weighted by Gasteiger charge is 2.17. The van der Waals surface area contributed by atoms with Gasteiger partial charge in [-0.3, -0.25) is 14.2 Å². The number of amides is 1. The van der Waals surface area contributed by atoms with E-state index in [1.165, 1.54) is 47.4 Å². The number of carbonyl (C=O) groups excluding carboxylic acids is 1. The Morgan fingerprint density at radius 2 is 1.74 bits per heavy atom. The van der Waals surface area contributed by atoms with Crippen LogP contribution in [0.3, 0.4) is 0 Å². The average Bonchev–Trinajstić information content (AvgIpc) is 3.23. The topological polar surface area (TPSA) is 64.0 Å². The van der Waals surface area contributed by atoms with Crippen molar-refractivity contribution in [1.29, 1.82) is 0 Å². The van der Waals surface area contributed by atoms with E-state index in [-0.39, 0.29) is 23.0 Å². The monoisotopic (exact) mass is 489 g/mol. The van der Waals surface area contributed by atoms with Gasteiger partial charge in [0.05, 0.1) is 11.3 Å². The third kappa shape index (κ3) is 4.73. The number of carbonyl (C=O) groups is 1. The third-order valence-corrected chi connectivity index (χ3v) is 7.50. The molecular formula is C26H20FN3O2S2. The standard InChI is InChI=1S/C26H20FN3O2S2/c27-18-10-12-19(13-11-18)28-22(31)16-33-26-29-23-20-8-4-5-9-21(20)34-24(23)25(32)30(26)15-14-17-6-2-1-3-7-17/h1-13H,14-16H2,(H,28,31). The second-order valence-electron chi connectivity index (χ2n) is 7.71. The number of hydrogen-bond donors (Lipinski definition) is 1. The van der Waals surface area contributed by atoms with Crippen molar-refractivity contribution in [3.05, 3.63) is 101 Å². The summed E-state index contributed by atoms with van der Waals surface area (Å²) >= 11 is 2.67. The Labute approximate surface area is 203 Å². The zero-order chi connectivity index (χ0) is 23.5. The van der Waals surface area contributed by atoms with Crippen LogP contribution in [0.4, 0.5) is 10.1 Å². The first kappa shape index (κ1) is 22.3. The smallest absolute Gasteiger partial charge is 0.272 e. The summed E-state index contributed by atoms with van der Waals surface area (Å²) in [5.74, 6) is -0.547. The lowest BCUT2D eigenvalue weighted by Crippen LogP contribution is -2.24. The van der Waals surface area contributed by atoms with E-state index in [1.54, 1.807) is 4.57 Å². The molecule has 0 fully saturated rings. The number of halogens is 1. The lowest BCUT2D eigenvalue weighted by atomic mass is 10.1. The van der Waals surface area contributed by atoms with Gasteiger partial charge in [0, 0.05) is 22.3 Å². The fourth-order valence-electron chi connectivity index (χ4n) is 3.71. The van der Waals surface area contributed by atoms with Crippen LogP contribution >= 0.6 is 23.1 Å². The molecule has 0 spiro atoms. The molecule has 2 aromatic heterocycles. The first-order valence-corrected chi connectivity index (χ1v) is 12.5. The highest BCUT2D eigenvalue weighted by molar-refractivity contribution is 7.99. The lowest BCUT2D eigenvalue weighted by molar-refractivity contribution is -0.113. The molecule has 0 unspecified atom stereocenters. The predicted octanol–water partition coefficient (Wildman–Crippen LogP) is 5.72. The molecule has 0 aliphatic heterocycles. The van der Waals surface area contributed by atoms with Crippen molar-refractivity contribution in [2.75, 3.05) is 11.1 Å². The lowest BCUT2D eigenvalue weighted by Gasteiger charge is -2.12. The van der Waals surface area contributed by atoms with Gasteiger partial charge < -0.3 is 5.32 Å². The molecule has 5 rings (SSSR count). The second-order valence-corrected chi connectivity index (χ2v) is 9.70. The van der Waals surface area contributed by atoms with Crippen molar-refractivity contribution >= 4 is 55.0 Å². The maximum absolute atomic E-state index is 13.5. The van der Waals surface area contributed by atoms with E-state index >= 15 is 0 Å². The fraction of sp³-hybridized carbons (Fsp3) is 0.115. The van der Waals surface area contributed by atoms with Crippen LogP contribution in [0.25, 0.3) is 20.3 Å². The molecule has 0 bridgehead atoms. The minimum Gasteiger partial charge on any atom is -0.325 e. The number of aryl methyl sites for hydroxylation is 1. The first-order valence-electron chi connectivity index (χ1n) is 10.7. The quantitative estimate of drug-likeness (QED) is 0.234. The normalized spacial score (nSPS) is 11.2. The molecule has 3 aromatic carbocycles. The van der Waals surface area contributed by atoms with Crippen LogP contribution in [-0.2, 0) is 17.8 Å². The van der Waals surface area contributed by atoms with Gasteiger partial charge in [-0.1, -0.05) is 60.3 Å². The summed E-state index contributed by atoms with van der Waals surface area (Å²) in [4.78, 5) is 30.9. The van der Waals surface area contributed by atoms with Gasteiger partial charge in [-0.15, -0.1) is 11.3 Å². The number of nitrogens with zero attached hydrogens (tertiary/aromatic N) is 2. The molecule has 2 heterocycles. The largest absolute Gasteiger partial charge is 0.325 e. The molecule has 5 aromatic rings. The molecule has 1 amide bonds. The summed E-state index contributed by atoms with van der Waals surface area (Å²) in [6, 6.07) is 23.4. The van der Waals surface area contributed by atoms with E-state index in [2.05, 4.69) is 5.32 Å². The van der Waals surface area contributed by atoms with Gasteiger partial charge >= 0.3 is 0 Å². The molecule has 170 valence electrons. The van der Waals surface area contributed by atoms with Crippen LogP contribution in [0.15, 0.2) is 88.8 Å². The average molecular weight is 490 g/mol. The van der Waals surface area contributed by atoms with E-state index in [0.717, 1.165) is 15.6 Å². The van der Waals surface area contributed by atoms with E-state index in [1.807, 2.05) is 54.6 Å². The Bertz CT molecular complexity index is 1530. The van der Waals surface area contributed by atoms with Crippen LogP contribution in [0.2, 0.25) is 0 Å². The van der Waals surface area contributed by atoms with Crippen molar-refractivity contribution in [1.82, 2.24) is 9.55 Å². The highest BCUT2D eigenvalue weighted by Crippen LogP contribution is 2.32. The molecule has 5 nitrogen and oxygen atoms in total. The van der Waals surface area contributed by atoms with E-state index in [4.69, 9.17) is 4.98 Å². The second kappa shape index (κ2) is 9.79. The van der Waals surface area contributed by atoms with Crippen molar-refractivity contribution in [3.8, 4) is 0 Å². The predicted molar refractivity (Wildman–Crippen MR) is 137 cm³/mol. The Morgan fingerprint density at radius 1 is 1.00 bits per heavy atom. The van der Waals surface area contributed by atoms with Gasteiger partial charge in [0.15, 0.2) is 5.16 Å². The third-order valence-electron chi connectivity index (χ3n) is 5.37. The van der Waals surface area contributed by atoms with Gasteiger partial charge in [-0.05, 0) is 42.3 Å². The summed E-state index contributed by atoms with van der Waals surface area (Å²) < 4.78 is 16.4. The van der Waals surface area contributed by atoms with Crippen LogP contribution in [0.1, 0.15) is 5.56 Å². The number of rotatable bonds is 7. The van der Waals surface area contributed by atoms with Crippen LogP contribution in [-0.4, -0.2) is 21.2 Å². The van der Waals surface area contributed by atoms with Gasteiger partial charge in [0.1, 0.15) is 10.5 Å². The highest BCUT2D eigenvalue weighted by atomic mass is 32.2. The maximum Gasteiger partial charge on any atom is 0.272 e. The van der Waals surface area contributed by atoms with Gasteiger partial charge in [0.25, 0.3) is 5.56 Å². The number of nitrogens with one attached hydrogen (secondary N) is 1. The van der Waals surface area contributed by atoms with Crippen molar-refractivity contribution in [2.24, 2.45) is 0 Å². The Morgan fingerprint density at radius 3 is 2.53 bits per heavy atom. The SMILES string of the molecule is O=C(CSc1nc2c(sc3ccccc32)c(=O)n1CCc1ccccc1)Nc1ccc(F)cc1. The van der Waals surface area contributed by atoms with Crippen molar-refractivity contribution in [2.45, 2.75) is 18.1 Å². The van der Waals surface area contributed by atoms with Crippen LogP contribution in [0, 0.1) is 5.82 Å². The number of thioether (sulfide) groups is 1. The fourth-order valence-corrected chi connectivity index (χ4v) is 5.62. The molecule has 0 atom stereocenters. The number of hydrogen-bond acceptors (Lipinski definition) is 5. The number of fused-ring (bicyclic) bond motifs is 3. The van der Waals surface area contributed by atoms with Gasteiger partial charge in [0.2, 0.25) is 5.91 Å². The minimum absolute atomic E-state index is 0.0722. The van der Waals surface area contributed by atoms with Crippen LogP contribution in [0.5, 0.6) is 0 Å². The molecule has 0 aliphatic carbocycles. The molecule has 0 radical (unpaired) electrons. The summed E-state index contributed by atoms with van der Waals surface area (Å²) in [6.07, 6.45) is 0.675. The summed E-state index contributed by atoms with van der Waals surface area (Å²) in [5.41, 5.74) is 2.21. The zero-order valence-corrected chi connectivity index (χ0v) is 19.7. The Hall–Kier alpha value is -3.49. The summed E-state index contributed by atoms with van der Waals surface area (Å²) in [7, 11) is 0. The van der Waals surface area contributed by atoms with E-state index < -0.39 is 0 Å². The van der Waals surface area contributed by atoms with Gasteiger partial charge in [-0.2, -0.15) is 0 Å². The number of thiophene rings is 1. The minimum atomic E-state index is -0.365. The summed E-state index contributed by atoms with van der Waals surface area (Å²) in [6.45, 7) is 0.460. The zero-order valence-electron chi connectivity index (χ0n) is 18.0. The molecule has 0 aliphatic rings. The van der Waals surface area contributed by atoms with Crippen molar-refractivity contribution < 1.29 is 9.18 Å². The Kier molecular flexibility index (Phi) is 6.42. The summed E-state index contributed by atoms with van der Waals surface area (Å²) in [5, 5.41) is 4.20. The molecule has 0 saturated carbocycles. The molecule has 8 heteroatoms. The van der Waals surface area contributed by atoms with Crippen LogP contribution < -0.4 is 10.9 Å². The van der Waals surface area contributed by atoms with E-state index in [0.29, 0.717) is 34.0 Å². The Balaban J connectivity index is 1.46. The first-order chi connectivity index (χ1) is 16.6. The molecular weight excluding hydrogens is 469 g/mol.